The molecule has 0 fully saturated rings. The summed E-state index contributed by atoms with van der Waals surface area (Å²) >= 11 is 0. The molecule has 5 heteroatoms. The van der Waals surface area contributed by atoms with Crippen molar-refractivity contribution in [3.63, 3.8) is 0 Å². The number of rotatable bonds is 13. The van der Waals surface area contributed by atoms with E-state index < -0.39 is 0 Å². The van der Waals surface area contributed by atoms with Gasteiger partial charge in [-0.2, -0.15) is 0 Å². The molecule has 0 aliphatic carbocycles. The molecule has 0 saturated heterocycles. The van der Waals surface area contributed by atoms with Gasteiger partial charge >= 0.3 is 0 Å². The largest absolute Gasteiger partial charge is 0.326 e. The zero-order valence-corrected chi connectivity index (χ0v) is 15.7. The monoisotopic (exact) mass is 316 g/mol. The van der Waals surface area contributed by atoms with E-state index >= 15 is 0 Å². The van der Waals surface area contributed by atoms with Gasteiger partial charge in [0.1, 0.15) is 13.1 Å². The van der Waals surface area contributed by atoms with Gasteiger partial charge in [0.05, 0.1) is 68.0 Å². The first-order valence-electron chi connectivity index (χ1n) is 8.44. The van der Waals surface area contributed by atoms with Gasteiger partial charge in [0.15, 0.2) is 12.6 Å². The lowest BCUT2D eigenvalue weighted by Gasteiger charge is -2.36. The second-order valence-electron chi connectivity index (χ2n) is 8.11. The van der Waals surface area contributed by atoms with Crippen molar-refractivity contribution >= 4 is 12.6 Å². The summed E-state index contributed by atoms with van der Waals surface area (Å²) < 4.78 is 2.62. The highest BCUT2D eigenvalue weighted by Crippen LogP contribution is 2.09. The molecule has 5 nitrogen and oxygen atoms in total. The number of nitrogens with zero attached hydrogens (tertiary/aromatic N) is 3. The second-order valence-corrected chi connectivity index (χ2v) is 8.11. The lowest BCUT2D eigenvalue weighted by Crippen LogP contribution is -2.50. The van der Waals surface area contributed by atoms with Gasteiger partial charge in [-0.05, 0) is 6.92 Å². The fourth-order valence-electron chi connectivity index (χ4n) is 2.78. The van der Waals surface area contributed by atoms with Crippen molar-refractivity contribution < 1.29 is 23.0 Å². The smallest absolute Gasteiger partial charge is 0.174 e. The van der Waals surface area contributed by atoms with Gasteiger partial charge in [0, 0.05) is 12.8 Å². The predicted molar refractivity (Wildman–Crippen MR) is 91.5 cm³/mol. The van der Waals surface area contributed by atoms with Crippen molar-refractivity contribution in [2.45, 2.75) is 19.8 Å². The number of carbonyl (C=O) groups is 2. The first-order chi connectivity index (χ1) is 10.1. The molecule has 0 aromatic carbocycles. The molecule has 0 radical (unpaired) electrons. The SMILES string of the molecule is CC[N+](C)(CCC[N+](C)(C)CC=O)CCC[N+](C)(C)CC=O. The van der Waals surface area contributed by atoms with Gasteiger partial charge in [-0.25, -0.2) is 0 Å². The third-order valence-corrected chi connectivity index (χ3v) is 4.82. The van der Waals surface area contributed by atoms with E-state index in [2.05, 4.69) is 42.2 Å². The Labute approximate surface area is 137 Å². The number of quaternary nitrogens is 3. The Morgan fingerprint density at radius 1 is 0.682 bits per heavy atom. The van der Waals surface area contributed by atoms with E-state index in [9.17, 15) is 9.59 Å². The lowest BCUT2D eigenvalue weighted by molar-refractivity contribution is -0.924. The molecule has 0 amide bonds. The minimum Gasteiger partial charge on any atom is -0.326 e. The molecule has 130 valence electrons. The minimum absolute atomic E-state index is 0.590. The Balaban J connectivity index is 4.24. The summed E-state index contributed by atoms with van der Waals surface area (Å²) in [6.07, 6.45) is 4.30. The van der Waals surface area contributed by atoms with Crippen molar-refractivity contribution in [2.24, 2.45) is 0 Å². The molecular weight excluding hydrogens is 278 g/mol. The summed E-state index contributed by atoms with van der Waals surface area (Å²) in [5.74, 6) is 0. The molecule has 0 atom stereocenters. The molecular formula is C17H38N3O2+3. The van der Waals surface area contributed by atoms with Gasteiger partial charge in [-0.3, -0.25) is 9.59 Å². The summed E-state index contributed by atoms with van der Waals surface area (Å²) in [7, 11) is 10.8. The zero-order valence-electron chi connectivity index (χ0n) is 15.7. The molecule has 22 heavy (non-hydrogen) atoms. The molecule has 0 unspecified atom stereocenters. The number of carbonyl (C=O) groups excluding carboxylic acids is 2. The Morgan fingerprint density at radius 3 is 1.32 bits per heavy atom. The van der Waals surface area contributed by atoms with Gasteiger partial charge in [-0.1, -0.05) is 0 Å². The van der Waals surface area contributed by atoms with Crippen LogP contribution in [0.4, 0.5) is 0 Å². The zero-order chi connectivity index (χ0) is 17.3. The summed E-state index contributed by atoms with van der Waals surface area (Å²) in [5, 5.41) is 0. The first kappa shape index (κ1) is 21.2. The Morgan fingerprint density at radius 2 is 1.05 bits per heavy atom. The summed E-state index contributed by atoms with van der Waals surface area (Å²) in [4.78, 5) is 21.4. The van der Waals surface area contributed by atoms with Crippen molar-refractivity contribution in [1.29, 1.82) is 0 Å². The van der Waals surface area contributed by atoms with Crippen LogP contribution in [0.25, 0.3) is 0 Å². The molecule has 0 aliphatic heterocycles. The van der Waals surface area contributed by atoms with Crippen LogP contribution in [-0.2, 0) is 9.59 Å². The van der Waals surface area contributed by atoms with E-state index in [0.717, 1.165) is 71.6 Å². The maximum Gasteiger partial charge on any atom is 0.174 e. The topological polar surface area (TPSA) is 34.1 Å². The molecule has 0 rings (SSSR count). The van der Waals surface area contributed by atoms with Crippen LogP contribution in [0.15, 0.2) is 0 Å². The van der Waals surface area contributed by atoms with Crippen LogP contribution in [0, 0.1) is 0 Å². The summed E-state index contributed by atoms with van der Waals surface area (Å²) in [5.41, 5.74) is 0. The number of hydrogen-bond acceptors (Lipinski definition) is 2. The average molecular weight is 317 g/mol. The van der Waals surface area contributed by atoms with Crippen LogP contribution in [0.1, 0.15) is 19.8 Å². The molecule has 0 aromatic heterocycles. The fraction of sp³-hybridized carbons (Fsp3) is 0.882. The molecule has 0 N–H and O–H groups in total. The maximum atomic E-state index is 10.7. The average Bonchev–Trinajstić information content (AvgIpc) is 2.38. The summed E-state index contributed by atoms with van der Waals surface area (Å²) in [6.45, 7) is 8.94. The molecule has 0 saturated carbocycles. The highest BCUT2D eigenvalue weighted by molar-refractivity contribution is 5.50. The van der Waals surface area contributed by atoms with Crippen molar-refractivity contribution in [1.82, 2.24) is 0 Å². The highest BCUT2D eigenvalue weighted by atomic mass is 16.1. The molecule has 0 aliphatic rings. The molecule has 0 aromatic rings. The van der Waals surface area contributed by atoms with E-state index in [1.807, 2.05) is 0 Å². The first-order valence-corrected chi connectivity index (χ1v) is 8.44. The standard InChI is InChI=1S/C17H38N3O2/c1-7-20(6,12-8-10-18(2,3)14-16-21)13-9-11-19(4,5)15-17-22/h16-17H,7-15H2,1-6H3/q+3. The maximum absolute atomic E-state index is 10.7. The minimum atomic E-state index is 0.590. The van der Waals surface area contributed by atoms with E-state index in [-0.39, 0.29) is 0 Å². The van der Waals surface area contributed by atoms with Crippen molar-refractivity contribution in [3.05, 3.63) is 0 Å². The normalized spacial score (nSPS) is 13.2. The lowest BCUT2D eigenvalue weighted by atomic mass is 10.2. The molecule has 0 spiro atoms. The van der Waals surface area contributed by atoms with Crippen LogP contribution < -0.4 is 0 Å². The Kier molecular flexibility index (Phi) is 9.05. The Bertz CT molecular complexity index is 313. The molecule has 0 heterocycles. The number of likely N-dealkylation sites (N-methyl/N-ethyl adjacent to an activating group) is 2. The van der Waals surface area contributed by atoms with E-state index in [0.29, 0.717) is 13.1 Å². The quantitative estimate of drug-likeness (QED) is 0.372. The van der Waals surface area contributed by atoms with Gasteiger partial charge in [0.25, 0.3) is 0 Å². The van der Waals surface area contributed by atoms with Crippen molar-refractivity contribution in [3.8, 4) is 0 Å². The van der Waals surface area contributed by atoms with Crippen LogP contribution in [-0.4, -0.2) is 107 Å². The van der Waals surface area contributed by atoms with Gasteiger partial charge < -0.3 is 13.4 Å². The second kappa shape index (κ2) is 9.38. The van der Waals surface area contributed by atoms with Gasteiger partial charge in [0.2, 0.25) is 0 Å². The van der Waals surface area contributed by atoms with Crippen LogP contribution in [0.2, 0.25) is 0 Å². The van der Waals surface area contributed by atoms with E-state index in [1.54, 1.807) is 0 Å². The number of aldehydes is 2. The third kappa shape index (κ3) is 9.28. The van der Waals surface area contributed by atoms with Crippen LogP contribution in [0.5, 0.6) is 0 Å². The van der Waals surface area contributed by atoms with Crippen molar-refractivity contribution in [2.75, 3.05) is 81.1 Å². The Hall–Kier alpha value is -0.780. The van der Waals surface area contributed by atoms with Crippen LogP contribution in [0.3, 0.4) is 0 Å². The number of hydrogen-bond donors (Lipinski definition) is 0. The van der Waals surface area contributed by atoms with E-state index in [4.69, 9.17) is 0 Å². The summed E-state index contributed by atoms with van der Waals surface area (Å²) in [6, 6.07) is 0. The van der Waals surface area contributed by atoms with Gasteiger partial charge in [-0.15, -0.1) is 0 Å². The van der Waals surface area contributed by atoms with Crippen LogP contribution >= 0.6 is 0 Å². The fourth-order valence-corrected chi connectivity index (χ4v) is 2.78. The predicted octanol–water partition coefficient (Wildman–Crippen LogP) is 0.784. The van der Waals surface area contributed by atoms with E-state index in [1.165, 1.54) is 0 Å². The highest BCUT2D eigenvalue weighted by Gasteiger charge is 2.23. The third-order valence-electron chi connectivity index (χ3n) is 4.82. The molecule has 0 bridgehead atoms.